The van der Waals surface area contributed by atoms with E-state index in [1.165, 1.54) is 12.1 Å². The number of ether oxygens (including phenoxy) is 1. The van der Waals surface area contributed by atoms with Gasteiger partial charge in [0.05, 0.1) is 12.5 Å². The highest BCUT2D eigenvalue weighted by molar-refractivity contribution is 6.01. The molecule has 0 spiro atoms. The number of aliphatic hydroxyl groups is 2. The molecular weight excluding hydrogens is 620 g/mol. The first-order chi connectivity index (χ1) is 22.7. The molecule has 4 aliphatic carbocycles. The van der Waals surface area contributed by atoms with Crippen molar-refractivity contribution in [3.05, 3.63) is 53.8 Å². The number of hydrogen-bond donors (Lipinski definition) is 6. The molecule has 12 nitrogen and oxygen atoms in total. The summed E-state index contributed by atoms with van der Waals surface area (Å²) >= 11 is 0. The molecule has 1 heterocycles. The number of aliphatic hydroxyl groups excluding tert-OH is 1. The minimum atomic E-state index is -1.81. The number of phenolic OH excluding ortho intramolecular Hbond substituents is 1. The summed E-state index contributed by atoms with van der Waals surface area (Å²) in [4.78, 5) is 65.6. The number of esters is 1. The summed E-state index contributed by atoms with van der Waals surface area (Å²) in [6, 6.07) is 3.35. The van der Waals surface area contributed by atoms with Crippen molar-refractivity contribution in [2.75, 3.05) is 6.61 Å². The number of ketones is 2. The van der Waals surface area contributed by atoms with Gasteiger partial charge in [0.2, 0.25) is 11.7 Å². The van der Waals surface area contributed by atoms with E-state index < -0.39 is 65.2 Å². The van der Waals surface area contributed by atoms with Crippen molar-refractivity contribution in [3.8, 4) is 5.75 Å². The number of aromatic nitrogens is 1. The molecular formula is C36H42N2O10. The third-order valence-corrected chi connectivity index (χ3v) is 11.8. The fourth-order valence-corrected chi connectivity index (χ4v) is 9.36. The zero-order chi connectivity index (χ0) is 34.6. The second kappa shape index (κ2) is 12.3. The lowest BCUT2D eigenvalue weighted by Gasteiger charge is -2.59. The van der Waals surface area contributed by atoms with Gasteiger partial charge in [-0.15, -0.1) is 0 Å². The maximum absolute atomic E-state index is 13.5. The first-order valence-corrected chi connectivity index (χ1v) is 16.5. The van der Waals surface area contributed by atoms with Crippen LogP contribution in [0.5, 0.6) is 5.75 Å². The number of aromatic hydroxyl groups is 1. The number of carboxylic acid groups (broad SMARTS) is 1. The van der Waals surface area contributed by atoms with Gasteiger partial charge < -0.3 is 35.5 Å². The molecule has 1 amide bonds. The molecule has 0 unspecified atom stereocenters. The number of Topliss-reactive ketones (excluding diaryl/α,β-unsaturated/α-hetero) is 1. The molecule has 0 saturated heterocycles. The summed E-state index contributed by atoms with van der Waals surface area (Å²) in [6.45, 7) is 3.19. The van der Waals surface area contributed by atoms with Crippen LogP contribution in [0.1, 0.15) is 64.4 Å². The number of phenols is 1. The van der Waals surface area contributed by atoms with Gasteiger partial charge in [0.25, 0.3) is 0 Å². The van der Waals surface area contributed by atoms with E-state index in [0.29, 0.717) is 29.3 Å². The van der Waals surface area contributed by atoms with Gasteiger partial charge in [-0.25, -0.2) is 4.79 Å². The molecule has 1 aromatic carbocycles. The lowest BCUT2D eigenvalue weighted by Crippen LogP contribution is -2.61. The zero-order valence-electron chi connectivity index (χ0n) is 27.0. The number of rotatable bonds is 10. The average Bonchev–Trinajstić information content (AvgIpc) is 3.55. The van der Waals surface area contributed by atoms with Gasteiger partial charge in [0, 0.05) is 46.7 Å². The number of allylic oxidation sites excluding steroid dienone is 4. The van der Waals surface area contributed by atoms with E-state index in [-0.39, 0.29) is 55.0 Å². The van der Waals surface area contributed by atoms with E-state index >= 15 is 0 Å². The molecule has 4 aliphatic rings. The predicted octanol–water partition coefficient (Wildman–Crippen LogP) is 2.89. The second-order valence-corrected chi connectivity index (χ2v) is 14.4. The summed E-state index contributed by atoms with van der Waals surface area (Å²) in [5.41, 5.74) is -0.952. The highest BCUT2D eigenvalue weighted by Gasteiger charge is 2.68. The Balaban J connectivity index is 1.03. The minimum absolute atomic E-state index is 0.0153. The van der Waals surface area contributed by atoms with Crippen LogP contribution in [0.25, 0.3) is 10.9 Å². The Bertz CT molecular complexity index is 1740. The molecule has 3 fully saturated rings. The fourth-order valence-electron chi connectivity index (χ4n) is 9.36. The van der Waals surface area contributed by atoms with Crippen LogP contribution in [0.15, 0.2) is 48.2 Å². The van der Waals surface area contributed by atoms with Crippen molar-refractivity contribution >= 4 is 40.3 Å². The van der Waals surface area contributed by atoms with Crippen LogP contribution in [0.2, 0.25) is 0 Å². The molecule has 8 atom stereocenters. The Morgan fingerprint density at radius 2 is 1.92 bits per heavy atom. The Kier molecular flexibility index (Phi) is 8.61. The van der Waals surface area contributed by atoms with Crippen LogP contribution in [-0.4, -0.2) is 79.2 Å². The number of hydrogen-bond acceptors (Lipinski definition) is 9. The number of amides is 1. The summed E-state index contributed by atoms with van der Waals surface area (Å²) in [6.07, 6.45) is 7.43. The summed E-state index contributed by atoms with van der Waals surface area (Å²) < 4.78 is 5.20. The first-order valence-electron chi connectivity index (χ1n) is 16.5. The van der Waals surface area contributed by atoms with Gasteiger partial charge in [-0.2, -0.15) is 0 Å². The van der Waals surface area contributed by atoms with Crippen molar-refractivity contribution in [1.82, 2.24) is 10.3 Å². The first kappa shape index (κ1) is 33.6. The molecule has 256 valence electrons. The third-order valence-electron chi connectivity index (χ3n) is 11.8. The molecule has 6 rings (SSSR count). The second-order valence-electron chi connectivity index (χ2n) is 14.4. The fraction of sp³-hybridized carbons (Fsp3) is 0.528. The van der Waals surface area contributed by atoms with Gasteiger partial charge in [-0.1, -0.05) is 25.5 Å². The molecule has 0 aliphatic heterocycles. The normalized spacial score (nSPS) is 32.8. The minimum Gasteiger partial charge on any atom is -0.508 e. The number of nitrogens with one attached hydrogen (secondary N) is 2. The van der Waals surface area contributed by atoms with Gasteiger partial charge in [0.1, 0.15) is 17.4 Å². The van der Waals surface area contributed by atoms with Crippen molar-refractivity contribution in [2.24, 2.45) is 28.6 Å². The lowest BCUT2D eigenvalue weighted by atomic mass is 9.46. The third kappa shape index (κ3) is 5.64. The SMILES string of the molecule is C[C@]12C=CC(=O)C=C1CC[C@@H]1[C@@H]2[C@H](O)C[C@@]2(C)[C@H]1CC[C@]2(O)C(=O)COC(=O)CCC(=O)N[C@H](Cc1c[nH]c2ccc(O)cc12)C(=O)O. The molecule has 12 heteroatoms. The number of carbonyl (C=O) groups excluding carboxylic acids is 4. The van der Waals surface area contributed by atoms with Gasteiger partial charge in [-0.05, 0) is 79.9 Å². The Hall–Kier alpha value is -4.29. The molecule has 0 bridgehead atoms. The summed E-state index contributed by atoms with van der Waals surface area (Å²) in [7, 11) is 0. The highest BCUT2D eigenvalue weighted by Crippen LogP contribution is 2.67. The van der Waals surface area contributed by atoms with Gasteiger partial charge >= 0.3 is 11.9 Å². The number of aliphatic carboxylic acids is 1. The topological polar surface area (TPSA) is 203 Å². The van der Waals surface area contributed by atoms with Crippen molar-refractivity contribution in [3.63, 3.8) is 0 Å². The number of benzene rings is 1. The van der Waals surface area contributed by atoms with Crippen molar-refractivity contribution in [2.45, 2.75) is 83.0 Å². The Labute approximate surface area is 277 Å². The van der Waals surface area contributed by atoms with E-state index in [1.54, 1.807) is 24.4 Å². The van der Waals surface area contributed by atoms with Crippen LogP contribution in [-0.2, 0) is 35.1 Å². The standard InChI is InChI=1S/C36H42N2O10/c1-34-11-9-22(40)14-20(34)3-5-23-25-10-12-36(47,35(25,2)16-28(41)32(23)34)29(42)18-48-31(44)8-7-30(43)38-27(33(45)46)13-19-17-37-26-6-4-21(39)15-24(19)26/h4,6,9,11,14-15,17,23,25,27-28,32,37,39,41,47H,3,5,7-8,10,12-13,16,18H2,1-2H3,(H,38,43)(H,45,46)/t23-,25-,27+,28+,32+,34-,35-,36-/m0/s1. The molecule has 1 aromatic heterocycles. The number of H-pyrrole nitrogens is 1. The maximum Gasteiger partial charge on any atom is 0.326 e. The van der Waals surface area contributed by atoms with Crippen LogP contribution in [0.4, 0.5) is 0 Å². The van der Waals surface area contributed by atoms with E-state index in [0.717, 1.165) is 12.0 Å². The molecule has 0 radical (unpaired) electrons. The largest absolute Gasteiger partial charge is 0.508 e. The van der Waals surface area contributed by atoms with Gasteiger partial charge in [-0.3, -0.25) is 19.2 Å². The van der Waals surface area contributed by atoms with E-state index in [2.05, 4.69) is 17.2 Å². The van der Waals surface area contributed by atoms with Crippen LogP contribution >= 0.6 is 0 Å². The van der Waals surface area contributed by atoms with Crippen LogP contribution in [0.3, 0.4) is 0 Å². The van der Waals surface area contributed by atoms with Crippen molar-refractivity contribution in [1.29, 1.82) is 0 Å². The van der Waals surface area contributed by atoms with Crippen LogP contribution < -0.4 is 5.32 Å². The molecule has 2 aromatic rings. The highest BCUT2D eigenvalue weighted by atomic mass is 16.5. The predicted molar refractivity (Wildman–Crippen MR) is 171 cm³/mol. The van der Waals surface area contributed by atoms with Crippen molar-refractivity contribution < 1.29 is 49.1 Å². The molecule has 48 heavy (non-hydrogen) atoms. The van der Waals surface area contributed by atoms with E-state index in [4.69, 9.17) is 4.74 Å². The van der Waals surface area contributed by atoms with E-state index in [9.17, 15) is 44.4 Å². The Morgan fingerprint density at radius 3 is 2.67 bits per heavy atom. The quantitative estimate of drug-likeness (QED) is 0.205. The number of fused-ring (bicyclic) bond motifs is 6. The molecule has 3 saturated carbocycles. The smallest absolute Gasteiger partial charge is 0.326 e. The van der Waals surface area contributed by atoms with Crippen LogP contribution in [0, 0.1) is 28.6 Å². The molecule has 6 N–H and O–H groups in total. The number of carboxylic acids is 1. The Morgan fingerprint density at radius 1 is 1.15 bits per heavy atom. The summed E-state index contributed by atoms with van der Waals surface area (Å²) in [5, 5.41) is 45.9. The maximum atomic E-state index is 13.5. The number of carbonyl (C=O) groups is 5. The van der Waals surface area contributed by atoms with E-state index in [1.807, 2.05) is 13.0 Å². The summed E-state index contributed by atoms with van der Waals surface area (Å²) in [5.74, 6) is -3.69. The monoisotopic (exact) mass is 662 g/mol. The average molecular weight is 663 g/mol. The van der Waals surface area contributed by atoms with Gasteiger partial charge in [0.15, 0.2) is 12.4 Å². The number of aromatic amines is 1. The zero-order valence-corrected chi connectivity index (χ0v) is 27.0. The lowest BCUT2D eigenvalue weighted by molar-refractivity contribution is -0.181.